The standard InChI is InChI=1S/C28H23N3/c1-20-29-16-17-30(20)24-11-7-8-21(18-24)22-14-15-28-26(19-22)25-12-5-6-13-27(25)31(28)23-9-3-2-4-10-23/h3,5-19H,2,4H2,1H3. The summed E-state index contributed by atoms with van der Waals surface area (Å²) in [5.41, 5.74) is 7.35. The molecule has 3 nitrogen and oxygen atoms in total. The molecule has 6 rings (SSSR count). The van der Waals surface area contributed by atoms with Crippen LogP contribution in [0.3, 0.4) is 0 Å². The Hall–Kier alpha value is -3.85. The molecule has 3 aromatic carbocycles. The number of allylic oxidation sites excluding steroid dienone is 4. The van der Waals surface area contributed by atoms with Gasteiger partial charge in [-0.1, -0.05) is 48.6 Å². The van der Waals surface area contributed by atoms with Crippen LogP contribution in [-0.2, 0) is 0 Å². The van der Waals surface area contributed by atoms with Crippen molar-refractivity contribution in [2.45, 2.75) is 19.8 Å². The first kappa shape index (κ1) is 18.0. The normalized spacial score (nSPS) is 13.8. The maximum Gasteiger partial charge on any atom is 0.110 e. The highest BCUT2D eigenvalue weighted by molar-refractivity contribution is 6.11. The van der Waals surface area contributed by atoms with E-state index in [4.69, 9.17) is 0 Å². The van der Waals surface area contributed by atoms with Crippen LogP contribution in [0, 0.1) is 6.92 Å². The fourth-order valence-electron chi connectivity index (χ4n) is 4.68. The van der Waals surface area contributed by atoms with E-state index in [1.54, 1.807) is 0 Å². The number of hydrogen-bond donors (Lipinski definition) is 0. The fraction of sp³-hybridized carbons (Fsp3) is 0.107. The number of benzene rings is 3. The predicted molar refractivity (Wildman–Crippen MR) is 129 cm³/mol. The van der Waals surface area contributed by atoms with Crippen LogP contribution in [0.5, 0.6) is 0 Å². The second kappa shape index (κ2) is 7.13. The van der Waals surface area contributed by atoms with Crippen molar-refractivity contribution < 1.29 is 0 Å². The van der Waals surface area contributed by atoms with E-state index in [0.717, 1.165) is 24.4 Å². The molecule has 0 saturated carbocycles. The van der Waals surface area contributed by atoms with E-state index >= 15 is 0 Å². The number of aromatic nitrogens is 3. The lowest BCUT2D eigenvalue weighted by molar-refractivity contribution is 0.975. The first-order valence-corrected chi connectivity index (χ1v) is 10.8. The molecule has 2 aromatic heterocycles. The first-order chi connectivity index (χ1) is 15.3. The van der Waals surface area contributed by atoms with Gasteiger partial charge in [-0.3, -0.25) is 0 Å². The molecule has 31 heavy (non-hydrogen) atoms. The van der Waals surface area contributed by atoms with E-state index in [1.165, 1.54) is 38.6 Å². The molecule has 0 fully saturated rings. The smallest absolute Gasteiger partial charge is 0.110 e. The fourth-order valence-corrected chi connectivity index (χ4v) is 4.68. The molecule has 5 aromatic rings. The zero-order valence-electron chi connectivity index (χ0n) is 17.5. The largest absolute Gasteiger partial charge is 0.310 e. The summed E-state index contributed by atoms with van der Waals surface area (Å²) in [7, 11) is 0. The topological polar surface area (TPSA) is 22.8 Å². The quantitative estimate of drug-likeness (QED) is 0.315. The van der Waals surface area contributed by atoms with Crippen LogP contribution in [0.2, 0.25) is 0 Å². The number of fused-ring (bicyclic) bond motifs is 3. The first-order valence-electron chi connectivity index (χ1n) is 10.8. The SMILES string of the molecule is Cc1nccn1-c1cccc(-c2ccc3c(c2)c2ccccc2n3C2=CCCC=C2)c1. The lowest BCUT2D eigenvalue weighted by atomic mass is 10.0. The summed E-state index contributed by atoms with van der Waals surface area (Å²) >= 11 is 0. The average molecular weight is 402 g/mol. The Morgan fingerprint density at radius 3 is 2.52 bits per heavy atom. The van der Waals surface area contributed by atoms with Crippen molar-refractivity contribution in [1.29, 1.82) is 0 Å². The summed E-state index contributed by atoms with van der Waals surface area (Å²) in [6, 6.07) is 24.2. The summed E-state index contributed by atoms with van der Waals surface area (Å²) < 4.78 is 4.52. The second-order valence-corrected chi connectivity index (χ2v) is 8.09. The van der Waals surface area contributed by atoms with Gasteiger partial charge in [0, 0.05) is 34.6 Å². The number of imidazole rings is 1. The van der Waals surface area contributed by atoms with Gasteiger partial charge >= 0.3 is 0 Å². The van der Waals surface area contributed by atoms with Gasteiger partial charge in [-0.15, -0.1) is 0 Å². The van der Waals surface area contributed by atoms with E-state index < -0.39 is 0 Å². The van der Waals surface area contributed by atoms with Crippen molar-refractivity contribution in [3.63, 3.8) is 0 Å². The minimum atomic E-state index is 0.990. The van der Waals surface area contributed by atoms with Crippen LogP contribution in [0.25, 0.3) is 44.3 Å². The molecular formula is C28H23N3. The molecule has 0 aliphatic heterocycles. The van der Waals surface area contributed by atoms with Gasteiger partial charge < -0.3 is 9.13 Å². The van der Waals surface area contributed by atoms with Crippen molar-refractivity contribution in [3.05, 3.63) is 103 Å². The molecular weight excluding hydrogens is 378 g/mol. The van der Waals surface area contributed by atoms with Gasteiger partial charge in [0.1, 0.15) is 5.82 Å². The third-order valence-corrected chi connectivity index (χ3v) is 6.19. The molecule has 0 atom stereocenters. The molecule has 0 spiro atoms. The van der Waals surface area contributed by atoms with Gasteiger partial charge in [-0.25, -0.2) is 4.98 Å². The van der Waals surface area contributed by atoms with Crippen LogP contribution in [0.15, 0.2) is 97.4 Å². The molecule has 1 aliphatic carbocycles. The highest BCUT2D eigenvalue weighted by Gasteiger charge is 2.14. The monoisotopic (exact) mass is 401 g/mol. The second-order valence-electron chi connectivity index (χ2n) is 8.09. The number of hydrogen-bond acceptors (Lipinski definition) is 1. The molecule has 0 radical (unpaired) electrons. The zero-order valence-corrected chi connectivity index (χ0v) is 17.5. The Morgan fingerprint density at radius 1 is 0.806 bits per heavy atom. The molecule has 0 unspecified atom stereocenters. The van der Waals surface area contributed by atoms with Crippen molar-refractivity contribution >= 4 is 27.5 Å². The summed E-state index contributed by atoms with van der Waals surface area (Å²) in [4.78, 5) is 4.37. The van der Waals surface area contributed by atoms with Crippen LogP contribution >= 0.6 is 0 Å². The van der Waals surface area contributed by atoms with E-state index in [-0.39, 0.29) is 0 Å². The van der Waals surface area contributed by atoms with E-state index in [0.29, 0.717) is 0 Å². The Labute approximate surface area is 181 Å². The van der Waals surface area contributed by atoms with Gasteiger partial charge in [0.25, 0.3) is 0 Å². The van der Waals surface area contributed by atoms with Crippen LogP contribution < -0.4 is 0 Å². The molecule has 3 heteroatoms. The Balaban J connectivity index is 1.55. The van der Waals surface area contributed by atoms with Crippen molar-refractivity contribution in [2.75, 3.05) is 0 Å². The van der Waals surface area contributed by atoms with Gasteiger partial charge in [0.15, 0.2) is 0 Å². The third-order valence-electron chi connectivity index (χ3n) is 6.19. The summed E-state index contributed by atoms with van der Waals surface area (Å²) in [5.74, 6) is 0.990. The number of nitrogens with zero attached hydrogens (tertiary/aromatic N) is 3. The Morgan fingerprint density at radius 2 is 1.68 bits per heavy atom. The Bertz CT molecular complexity index is 1490. The van der Waals surface area contributed by atoms with Gasteiger partial charge in [0.2, 0.25) is 0 Å². The van der Waals surface area contributed by atoms with Crippen molar-refractivity contribution in [1.82, 2.24) is 14.1 Å². The van der Waals surface area contributed by atoms with Gasteiger partial charge in [0.05, 0.1) is 11.0 Å². The maximum absolute atomic E-state index is 4.37. The molecule has 0 amide bonds. The summed E-state index contributed by atoms with van der Waals surface area (Å²) in [6.45, 7) is 2.03. The molecule has 0 saturated heterocycles. The zero-order chi connectivity index (χ0) is 20.8. The number of para-hydroxylation sites is 1. The highest BCUT2D eigenvalue weighted by atomic mass is 15.1. The van der Waals surface area contributed by atoms with E-state index in [1.807, 2.05) is 19.3 Å². The van der Waals surface area contributed by atoms with E-state index in [2.05, 4.69) is 99.1 Å². The van der Waals surface area contributed by atoms with Gasteiger partial charge in [-0.2, -0.15) is 0 Å². The summed E-state index contributed by atoms with van der Waals surface area (Å²) in [6.07, 6.45) is 12.9. The van der Waals surface area contributed by atoms with E-state index in [9.17, 15) is 0 Å². The molecule has 0 N–H and O–H groups in total. The summed E-state index contributed by atoms with van der Waals surface area (Å²) in [5, 5.41) is 2.58. The van der Waals surface area contributed by atoms with Crippen LogP contribution in [0.1, 0.15) is 18.7 Å². The Kier molecular flexibility index (Phi) is 4.13. The lowest BCUT2D eigenvalue weighted by Gasteiger charge is -2.12. The predicted octanol–water partition coefficient (Wildman–Crippen LogP) is 7.15. The minimum absolute atomic E-state index is 0.990. The average Bonchev–Trinajstić information content (AvgIpc) is 3.40. The highest BCUT2D eigenvalue weighted by Crippen LogP contribution is 2.36. The molecule has 150 valence electrons. The molecule has 0 bridgehead atoms. The van der Waals surface area contributed by atoms with Crippen molar-refractivity contribution in [3.8, 4) is 16.8 Å². The van der Waals surface area contributed by atoms with Crippen LogP contribution in [-0.4, -0.2) is 14.1 Å². The van der Waals surface area contributed by atoms with Crippen molar-refractivity contribution in [2.24, 2.45) is 0 Å². The molecule has 1 aliphatic rings. The lowest BCUT2D eigenvalue weighted by Crippen LogP contribution is -1.97. The molecule has 2 heterocycles. The van der Waals surface area contributed by atoms with Crippen LogP contribution in [0.4, 0.5) is 0 Å². The van der Waals surface area contributed by atoms with Gasteiger partial charge in [-0.05, 0) is 67.3 Å². The number of rotatable bonds is 3. The maximum atomic E-state index is 4.37. The number of aryl methyl sites for hydroxylation is 1. The minimum Gasteiger partial charge on any atom is -0.310 e. The third kappa shape index (κ3) is 2.93.